The molecule has 98 valence electrons. The summed E-state index contributed by atoms with van der Waals surface area (Å²) in [5, 5.41) is -0.468. The van der Waals surface area contributed by atoms with Gasteiger partial charge in [-0.3, -0.25) is 9.35 Å². The van der Waals surface area contributed by atoms with E-state index in [0.29, 0.717) is 6.42 Å². The van der Waals surface area contributed by atoms with Crippen molar-refractivity contribution >= 4 is 27.8 Å². The highest BCUT2D eigenvalue weighted by Crippen LogP contribution is 2.35. The molecule has 0 spiro atoms. The lowest BCUT2D eigenvalue weighted by Gasteiger charge is -2.14. The highest BCUT2D eigenvalue weighted by Gasteiger charge is 2.44. The Bertz CT molecular complexity index is 543. The molecule has 1 saturated heterocycles. The average molecular weight is 287 g/mol. The molecule has 0 radical (unpaired) electrons. The number of amides is 1. The molecule has 0 bridgehead atoms. The van der Waals surface area contributed by atoms with Crippen molar-refractivity contribution in [1.82, 2.24) is 4.90 Å². The molecule has 1 N–H and O–H groups in total. The lowest BCUT2D eigenvalue weighted by molar-refractivity contribution is -0.127. The van der Waals surface area contributed by atoms with Crippen molar-refractivity contribution < 1.29 is 17.8 Å². The average Bonchev–Trinajstić information content (AvgIpc) is 2.58. The maximum Gasteiger partial charge on any atom is 0.296 e. The molecule has 1 aliphatic heterocycles. The summed E-state index contributed by atoms with van der Waals surface area (Å²) in [6, 6.07) is 9.37. The fourth-order valence-electron chi connectivity index (χ4n) is 1.85. The number of hydrogen-bond donors (Lipinski definition) is 1. The zero-order valence-corrected chi connectivity index (χ0v) is 11.3. The van der Waals surface area contributed by atoms with Crippen LogP contribution >= 0.6 is 11.8 Å². The van der Waals surface area contributed by atoms with E-state index in [0.717, 1.165) is 22.2 Å². The number of carbonyl (C=O) groups excluding carboxylic acids is 1. The maximum absolute atomic E-state index is 11.9. The topological polar surface area (TPSA) is 74.7 Å². The summed E-state index contributed by atoms with van der Waals surface area (Å²) in [6.07, 6.45) is 0.459. The molecule has 1 aliphatic rings. The quantitative estimate of drug-likeness (QED) is 0.839. The second-order valence-corrected chi connectivity index (χ2v) is 7.15. The Hall–Kier alpha value is -1.05. The minimum atomic E-state index is -4.24. The van der Waals surface area contributed by atoms with Gasteiger partial charge in [0.15, 0.2) is 0 Å². The number of carbonyl (C=O) groups is 1. The molecule has 0 aromatic heterocycles. The second-order valence-electron chi connectivity index (χ2n) is 4.09. The minimum Gasteiger partial charge on any atom is -0.317 e. The number of hydrogen-bond acceptors (Lipinski definition) is 4. The van der Waals surface area contributed by atoms with Gasteiger partial charge in [-0.2, -0.15) is 8.42 Å². The first-order chi connectivity index (χ1) is 8.39. The molecule has 1 fully saturated rings. The van der Waals surface area contributed by atoms with Crippen LogP contribution in [0.15, 0.2) is 30.3 Å². The first kappa shape index (κ1) is 13.4. The Morgan fingerprint density at radius 3 is 2.44 bits per heavy atom. The summed E-state index contributed by atoms with van der Waals surface area (Å²) in [6.45, 7) is 0. The van der Waals surface area contributed by atoms with Crippen LogP contribution in [0.3, 0.4) is 0 Å². The molecule has 1 aromatic carbocycles. The van der Waals surface area contributed by atoms with Crippen LogP contribution in [-0.4, -0.2) is 40.8 Å². The van der Waals surface area contributed by atoms with E-state index in [-0.39, 0.29) is 5.91 Å². The SMILES string of the molecule is CN1C(=O)C(Cc2ccccc2)SC1S(=O)(=O)O. The molecular formula is C11H13NO4S2. The molecule has 2 unspecified atom stereocenters. The predicted octanol–water partition coefficient (Wildman–Crippen LogP) is 0.974. The molecule has 18 heavy (non-hydrogen) atoms. The minimum absolute atomic E-state index is 0.272. The summed E-state index contributed by atoms with van der Waals surface area (Å²) < 4.78 is 30.1. The van der Waals surface area contributed by atoms with Gasteiger partial charge < -0.3 is 4.90 Å². The van der Waals surface area contributed by atoms with Gasteiger partial charge in [0.25, 0.3) is 10.1 Å². The fourth-order valence-corrected chi connectivity index (χ4v) is 4.46. The summed E-state index contributed by atoms with van der Waals surface area (Å²) in [5.41, 5.74) is 0.965. The molecule has 2 rings (SSSR count). The fraction of sp³-hybridized carbons (Fsp3) is 0.364. The Morgan fingerprint density at radius 2 is 1.94 bits per heavy atom. The number of nitrogens with zero attached hydrogens (tertiary/aromatic N) is 1. The lowest BCUT2D eigenvalue weighted by atomic mass is 10.1. The monoisotopic (exact) mass is 287 g/mol. The van der Waals surface area contributed by atoms with Crippen LogP contribution in [0, 0.1) is 0 Å². The van der Waals surface area contributed by atoms with Gasteiger partial charge in [0.2, 0.25) is 10.6 Å². The lowest BCUT2D eigenvalue weighted by Crippen LogP contribution is -2.35. The zero-order valence-electron chi connectivity index (χ0n) is 9.68. The van der Waals surface area contributed by atoms with Crippen molar-refractivity contribution in [2.45, 2.75) is 16.4 Å². The normalized spacial score (nSPS) is 24.6. The van der Waals surface area contributed by atoms with Gasteiger partial charge in [-0.1, -0.05) is 30.3 Å². The predicted molar refractivity (Wildman–Crippen MR) is 69.6 cm³/mol. The van der Waals surface area contributed by atoms with E-state index < -0.39 is 20.1 Å². The number of rotatable bonds is 3. The summed E-state index contributed by atoms with van der Waals surface area (Å²) in [5.74, 6) is -0.272. The van der Waals surface area contributed by atoms with Crippen LogP contribution in [0.2, 0.25) is 0 Å². The van der Waals surface area contributed by atoms with Crippen molar-refractivity contribution in [3.8, 4) is 0 Å². The highest BCUT2D eigenvalue weighted by molar-refractivity contribution is 8.12. The van der Waals surface area contributed by atoms with Crippen LogP contribution in [0.4, 0.5) is 0 Å². The zero-order chi connectivity index (χ0) is 13.3. The van der Waals surface area contributed by atoms with E-state index in [1.165, 1.54) is 7.05 Å². The summed E-state index contributed by atoms with van der Waals surface area (Å²) >= 11 is 0.967. The third kappa shape index (κ3) is 2.68. The van der Waals surface area contributed by atoms with Gasteiger partial charge in [0.05, 0.1) is 5.25 Å². The van der Waals surface area contributed by atoms with Crippen molar-refractivity contribution in [3.05, 3.63) is 35.9 Å². The largest absolute Gasteiger partial charge is 0.317 e. The van der Waals surface area contributed by atoms with Gasteiger partial charge in [-0.15, -0.1) is 11.8 Å². The van der Waals surface area contributed by atoms with E-state index in [1.807, 2.05) is 30.3 Å². The second kappa shape index (κ2) is 4.91. The molecule has 5 nitrogen and oxygen atoms in total. The van der Waals surface area contributed by atoms with Crippen molar-refractivity contribution in [3.63, 3.8) is 0 Å². The molecule has 0 aliphatic carbocycles. The van der Waals surface area contributed by atoms with E-state index >= 15 is 0 Å². The van der Waals surface area contributed by atoms with Gasteiger partial charge in [0, 0.05) is 7.05 Å². The molecule has 1 heterocycles. The Labute approximate surface area is 110 Å². The Kier molecular flexibility index (Phi) is 3.65. The van der Waals surface area contributed by atoms with Gasteiger partial charge in [-0.25, -0.2) is 0 Å². The number of benzene rings is 1. The molecule has 1 aromatic rings. The van der Waals surface area contributed by atoms with Gasteiger partial charge in [-0.05, 0) is 12.0 Å². The first-order valence-corrected chi connectivity index (χ1v) is 7.76. The van der Waals surface area contributed by atoms with Gasteiger partial charge >= 0.3 is 0 Å². The summed E-state index contributed by atoms with van der Waals surface area (Å²) in [7, 11) is -2.85. The van der Waals surface area contributed by atoms with Crippen molar-refractivity contribution in [2.75, 3.05) is 7.05 Å². The standard InChI is InChI=1S/C11H13NO4S2/c1-12-10(13)9(17-11(12)18(14,15)16)7-8-5-3-2-4-6-8/h2-6,9,11H,7H2,1H3,(H,14,15,16). The Balaban J connectivity index is 2.15. The Morgan fingerprint density at radius 1 is 1.33 bits per heavy atom. The number of thioether (sulfide) groups is 1. The van der Waals surface area contributed by atoms with Crippen molar-refractivity contribution in [2.24, 2.45) is 0 Å². The molecular weight excluding hydrogens is 274 g/mol. The highest BCUT2D eigenvalue weighted by atomic mass is 32.3. The third-order valence-electron chi connectivity index (χ3n) is 2.74. The molecule has 1 amide bonds. The first-order valence-electron chi connectivity index (χ1n) is 5.32. The molecule has 2 atom stereocenters. The van der Waals surface area contributed by atoms with Crippen LogP contribution in [0.25, 0.3) is 0 Å². The van der Waals surface area contributed by atoms with Gasteiger partial charge in [0.1, 0.15) is 0 Å². The van der Waals surface area contributed by atoms with Crippen LogP contribution < -0.4 is 0 Å². The van der Waals surface area contributed by atoms with E-state index in [1.54, 1.807) is 0 Å². The van der Waals surface area contributed by atoms with Crippen molar-refractivity contribution in [1.29, 1.82) is 0 Å². The maximum atomic E-state index is 11.9. The van der Waals surface area contributed by atoms with E-state index in [9.17, 15) is 13.2 Å². The van der Waals surface area contributed by atoms with E-state index in [2.05, 4.69) is 0 Å². The molecule has 0 saturated carbocycles. The summed E-state index contributed by atoms with van der Waals surface area (Å²) in [4.78, 5) is 13.0. The third-order valence-corrected chi connectivity index (χ3v) is 5.87. The van der Waals surface area contributed by atoms with Crippen LogP contribution in [0.1, 0.15) is 5.56 Å². The van der Waals surface area contributed by atoms with Crippen LogP contribution in [0.5, 0.6) is 0 Å². The molecule has 7 heteroatoms. The smallest absolute Gasteiger partial charge is 0.296 e. The van der Waals surface area contributed by atoms with E-state index in [4.69, 9.17) is 4.55 Å². The van der Waals surface area contributed by atoms with Crippen LogP contribution in [-0.2, 0) is 21.3 Å².